The van der Waals surface area contributed by atoms with E-state index >= 15 is 0 Å². The summed E-state index contributed by atoms with van der Waals surface area (Å²) in [6, 6.07) is 9.04. The fourth-order valence-electron chi connectivity index (χ4n) is 1.37. The standard InChI is InChI=1S/C11H11N5O3/c1-15(2)13-10(16(17)18)11-12-9(14-19-11)8-6-4-3-5-7-8/h3-7H,1-2H3/b13-10-. The number of amidine groups is 1. The molecule has 2 aromatic rings. The second kappa shape index (κ2) is 5.25. The lowest BCUT2D eigenvalue weighted by atomic mass is 10.2. The molecular weight excluding hydrogens is 250 g/mol. The monoisotopic (exact) mass is 261 g/mol. The van der Waals surface area contributed by atoms with Gasteiger partial charge in [0.05, 0.1) is 5.10 Å². The van der Waals surface area contributed by atoms with Crippen LogP contribution < -0.4 is 0 Å². The van der Waals surface area contributed by atoms with Crippen LogP contribution >= 0.6 is 0 Å². The van der Waals surface area contributed by atoms with Gasteiger partial charge in [0.25, 0.3) is 0 Å². The lowest BCUT2D eigenvalue weighted by molar-refractivity contribution is -0.351. The second-order valence-corrected chi connectivity index (χ2v) is 3.82. The van der Waals surface area contributed by atoms with Gasteiger partial charge >= 0.3 is 11.7 Å². The Balaban J connectivity index is 2.37. The second-order valence-electron chi connectivity index (χ2n) is 3.82. The van der Waals surface area contributed by atoms with E-state index < -0.39 is 10.8 Å². The molecule has 0 saturated heterocycles. The molecule has 0 unspecified atom stereocenters. The van der Waals surface area contributed by atoms with Gasteiger partial charge in [-0.1, -0.05) is 35.5 Å². The predicted molar refractivity (Wildman–Crippen MR) is 67.0 cm³/mol. The quantitative estimate of drug-likeness (QED) is 0.357. The molecule has 0 bridgehead atoms. The van der Waals surface area contributed by atoms with E-state index in [1.165, 1.54) is 5.01 Å². The number of rotatable bonds is 3. The van der Waals surface area contributed by atoms with Crippen LogP contribution in [0.2, 0.25) is 0 Å². The highest BCUT2D eigenvalue weighted by Crippen LogP contribution is 2.15. The molecule has 1 aromatic heterocycles. The van der Waals surface area contributed by atoms with Crippen LogP contribution in [0.4, 0.5) is 0 Å². The largest absolute Gasteiger partial charge is 0.453 e. The Morgan fingerprint density at radius 2 is 2.05 bits per heavy atom. The van der Waals surface area contributed by atoms with Crippen LogP contribution in [-0.4, -0.2) is 40.0 Å². The first-order chi connectivity index (χ1) is 9.08. The normalized spacial score (nSPS) is 11.4. The van der Waals surface area contributed by atoms with Gasteiger partial charge < -0.3 is 14.6 Å². The SMILES string of the molecule is CN(C)/N=C(/c1nc(-c2ccccc2)no1)[N+](=O)[O-]. The molecule has 0 fully saturated rings. The predicted octanol–water partition coefficient (Wildman–Crippen LogP) is 1.24. The minimum absolute atomic E-state index is 0.224. The van der Waals surface area contributed by atoms with Gasteiger partial charge in [0.15, 0.2) is 0 Å². The third-order valence-electron chi connectivity index (χ3n) is 2.12. The van der Waals surface area contributed by atoms with Gasteiger partial charge in [-0.15, -0.1) is 0 Å². The number of hydrogen-bond donors (Lipinski definition) is 0. The van der Waals surface area contributed by atoms with Crippen molar-refractivity contribution in [2.24, 2.45) is 5.10 Å². The lowest BCUT2D eigenvalue weighted by Crippen LogP contribution is -2.18. The fraction of sp³-hybridized carbons (Fsp3) is 0.182. The van der Waals surface area contributed by atoms with Crippen molar-refractivity contribution >= 4 is 5.84 Å². The van der Waals surface area contributed by atoms with Crippen LogP contribution in [0.15, 0.2) is 40.0 Å². The van der Waals surface area contributed by atoms with E-state index in [4.69, 9.17) is 4.52 Å². The average Bonchev–Trinajstić information content (AvgIpc) is 2.86. The van der Waals surface area contributed by atoms with Crippen LogP contribution in [0.25, 0.3) is 11.4 Å². The van der Waals surface area contributed by atoms with Crippen LogP contribution in [0.3, 0.4) is 0 Å². The smallest absolute Gasteiger partial charge is 0.358 e. The molecule has 0 radical (unpaired) electrons. The maximum atomic E-state index is 10.9. The third-order valence-corrected chi connectivity index (χ3v) is 2.12. The zero-order valence-electron chi connectivity index (χ0n) is 10.3. The average molecular weight is 261 g/mol. The molecule has 0 amide bonds. The van der Waals surface area contributed by atoms with E-state index in [1.807, 2.05) is 18.2 Å². The first-order valence-electron chi connectivity index (χ1n) is 5.37. The van der Waals surface area contributed by atoms with Crippen molar-refractivity contribution in [3.8, 4) is 11.4 Å². The number of nitrogens with zero attached hydrogens (tertiary/aromatic N) is 5. The summed E-state index contributed by atoms with van der Waals surface area (Å²) in [5.74, 6) is -0.429. The van der Waals surface area contributed by atoms with Crippen LogP contribution in [0.5, 0.6) is 0 Å². The van der Waals surface area contributed by atoms with Gasteiger partial charge in [-0.3, -0.25) is 0 Å². The van der Waals surface area contributed by atoms with Gasteiger partial charge in [0.1, 0.15) is 0 Å². The minimum Gasteiger partial charge on any atom is -0.358 e. The molecule has 0 aliphatic heterocycles. The van der Waals surface area contributed by atoms with Crippen LogP contribution in [-0.2, 0) is 0 Å². The molecular formula is C11H11N5O3. The summed E-state index contributed by atoms with van der Waals surface area (Å²) in [7, 11) is 3.13. The molecule has 0 N–H and O–H groups in total. The molecule has 98 valence electrons. The number of benzene rings is 1. The van der Waals surface area contributed by atoms with E-state index in [9.17, 15) is 10.1 Å². The van der Waals surface area contributed by atoms with Crippen LogP contribution in [0, 0.1) is 10.1 Å². The van der Waals surface area contributed by atoms with E-state index in [1.54, 1.807) is 26.2 Å². The first kappa shape index (κ1) is 12.7. The van der Waals surface area contributed by atoms with Gasteiger partial charge in [0, 0.05) is 19.7 Å². The third kappa shape index (κ3) is 2.92. The zero-order chi connectivity index (χ0) is 13.8. The minimum atomic E-state index is -0.664. The Morgan fingerprint density at radius 3 is 2.63 bits per heavy atom. The Hall–Kier alpha value is -2.77. The topological polar surface area (TPSA) is 97.7 Å². The van der Waals surface area contributed by atoms with Crippen molar-refractivity contribution in [2.75, 3.05) is 14.1 Å². The fourth-order valence-corrected chi connectivity index (χ4v) is 1.37. The number of aromatic nitrogens is 2. The molecule has 0 atom stereocenters. The molecule has 1 aromatic carbocycles. The molecule has 19 heavy (non-hydrogen) atoms. The van der Waals surface area contributed by atoms with E-state index in [-0.39, 0.29) is 11.7 Å². The van der Waals surface area contributed by atoms with Crippen molar-refractivity contribution in [1.82, 2.24) is 15.1 Å². The summed E-state index contributed by atoms with van der Waals surface area (Å²) in [6.45, 7) is 0. The summed E-state index contributed by atoms with van der Waals surface area (Å²) in [4.78, 5) is 14.2. The van der Waals surface area contributed by atoms with E-state index in [0.29, 0.717) is 5.56 Å². The highest BCUT2D eigenvalue weighted by Gasteiger charge is 2.25. The molecule has 8 nitrogen and oxygen atoms in total. The maximum absolute atomic E-state index is 10.9. The Bertz CT molecular complexity index is 606. The van der Waals surface area contributed by atoms with Crippen molar-refractivity contribution in [1.29, 1.82) is 0 Å². The molecule has 8 heteroatoms. The number of hydrazone groups is 1. The molecule has 0 saturated carbocycles. The van der Waals surface area contributed by atoms with Crippen molar-refractivity contribution in [2.45, 2.75) is 0 Å². The zero-order valence-corrected chi connectivity index (χ0v) is 10.3. The lowest BCUT2D eigenvalue weighted by Gasteiger charge is -1.96. The summed E-state index contributed by atoms with van der Waals surface area (Å²) >= 11 is 0. The van der Waals surface area contributed by atoms with E-state index in [0.717, 1.165) is 0 Å². The molecule has 2 rings (SSSR count). The molecule has 0 aliphatic rings. The van der Waals surface area contributed by atoms with Crippen molar-refractivity contribution in [3.05, 3.63) is 46.3 Å². The summed E-state index contributed by atoms with van der Waals surface area (Å²) in [5.41, 5.74) is 0.713. The number of nitro groups is 1. The highest BCUT2D eigenvalue weighted by atomic mass is 16.6. The maximum Gasteiger partial charge on any atom is 0.453 e. The summed E-state index contributed by atoms with van der Waals surface area (Å²) in [6.07, 6.45) is 0. The first-order valence-corrected chi connectivity index (χ1v) is 5.37. The van der Waals surface area contributed by atoms with Crippen molar-refractivity contribution < 1.29 is 9.45 Å². The molecule has 1 heterocycles. The van der Waals surface area contributed by atoms with Gasteiger partial charge in [-0.05, 0) is 4.92 Å². The Labute approximate surface area is 108 Å². The van der Waals surface area contributed by atoms with Gasteiger partial charge in [-0.25, -0.2) is 5.01 Å². The summed E-state index contributed by atoms with van der Waals surface area (Å²) < 4.78 is 4.88. The Morgan fingerprint density at radius 1 is 1.37 bits per heavy atom. The highest BCUT2D eigenvalue weighted by molar-refractivity contribution is 5.87. The molecule has 0 aliphatic carbocycles. The van der Waals surface area contributed by atoms with Crippen LogP contribution in [0.1, 0.15) is 5.89 Å². The number of hydrogen-bond acceptors (Lipinski definition) is 7. The van der Waals surface area contributed by atoms with Crippen molar-refractivity contribution in [3.63, 3.8) is 0 Å². The van der Waals surface area contributed by atoms with Gasteiger partial charge in [0.2, 0.25) is 5.82 Å². The van der Waals surface area contributed by atoms with E-state index in [2.05, 4.69) is 15.2 Å². The Kier molecular flexibility index (Phi) is 3.51. The summed E-state index contributed by atoms with van der Waals surface area (Å²) in [5, 5.41) is 19.6. The van der Waals surface area contributed by atoms with Gasteiger partial charge in [-0.2, -0.15) is 4.98 Å². The molecule has 0 spiro atoms.